The van der Waals surface area contributed by atoms with E-state index in [9.17, 15) is 5.11 Å². The van der Waals surface area contributed by atoms with E-state index in [1.807, 2.05) is 13.8 Å². The SMILES string of the molecule is CC.CCN1CCC(O)(CN2CCN(C(C)C)CC2)CC1. The zero-order valence-electron chi connectivity index (χ0n) is 14.9. The number of hydrogen-bond donors (Lipinski definition) is 1. The van der Waals surface area contributed by atoms with Crippen LogP contribution < -0.4 is 0 Å². The molecule has 0 aromatic rings. The number of β-amino-alcohol motifs (C(OH)–C–C–N with tert-alkyl or cyclic N) is 1. The molecule has 21 heavy (non-hydrogen) atoms. The van der Waals surface area contributed by atoms with Crippen molar-refractivity contribution in [2.24, 2.45) is 0 Å². The molecule has 2 aliphatic rings. The first kappa shape index (κ1) is 18.9. The maximum atomic E-state index is 10.7. The molecule has 0 amide bonds. The zero-order chi connectivity index (χ0) is 15.9. The summed E-state index contributed by atoms with van der Waals surface area (Å²) in [5, 5.41) is 10.7. The molecule has 0 unspecified atom stereocenters. The van der Waals surface area contributed by atoms with Crippen LogP contribution in [0.2, 0.25) is 0 Å². The van der Waals surface area contributed by atoms with Crippen LogP contribution in [0.15, 0.2) is 0 Å². The van der Waals surface area contributed by atoms with Gasteiger partial charge in [0, 0.05) is 51.9 Å². The lowest BCUT2D eigenvalue weighted by Gasteiger charge is -2.43. The van der Waals surface area contributed by atoms with Crippen LogP contribution in [0.25, 0.3) is 0 Å². The Kier molecular flexibility index (Phi) is 8.17. The molecule has 0 aliphatic carbocycles. The third kappa shape index (κ3) is 5.85. The van der Waals surface area contributed by atoms with Gasteiger partial charge in [-0.05, 0) is 33.2 Å². The van der Waals surface area contributed by atoms with Crippen LogP contribution in [0.4, 0.5) is 0 Å². The van der Waals surface area contributed by atoms with Gasteiger partial charge >= 0.3 is 0 Å². The second-order valence-electron chi connectivity index (χ2n) is 6.56. The lowest BCUT2D eigenvalue weighted by Crippen LogP contribution is -2.55. The maximum absolute atomic E-state index is 10.7. The Morgan fingerprint density at radius 1 is 0.905 bits per heavy atom. The molecule has 4 heteroatoms. The molecule has 2 saturated heterocycles. The molecule has 2 rings (SSSR count). The van der Waals surface area contributed by atoms with Gasteiger partial charge in [-0.25, -0.2) is 0 Å². The number of piperazine rings is 1. The standard InChI is InChI=1S/C15H31N3O.C2H6/c1-4-16-7-5-15(19,6-8-16)13-17-9-11-18(12-10-17)14(2)3;1-2/h14,19H,4-13H2,1-3H3;1-2H3. The van der Waals surface area contributed by atoms with Crippen LogP contribution in [0, 0.1) is 0 Å². The molecular weight excluding hydrogens is 262 g/mol. The molecule has 0 aromatic carbocycles. The first-order valence-corrected chi connectivity index (χ1v) is 8.93. The summed E-state index contributed by atoms with van der Waals surface area (Å²) < 4.78 is 0. The van der Waals surface area contributed by atoms with E-state index >= 15 is 0 Å². The number of piperidine rings is 1. The second-order valence-corrected chi connectivity index (χ2v) is 6.56. The van der Waals surface area contributed by atoms with Crippen LogP contribution >= 0.6 is 0 Å². The third-order valence-electron chi connectivity index (χ3n) is 4.89. The number of likely N-dealkylation sites (tertiary alicyclic amines) is 1. The predicted octanol–water partition coefficient (Wildman–Crippen LogP) is 1.89. The fourth-order valence-corrected chi connectivity index (χ4v) is 3.30. The summed E-state index contributed by atoms with van der Waals surface area (Å²) in [7, 11) is 0. The van der Waals surface area contributed by atoms with Gasteiger partial charge in [0.05, 0.1) is 5.60 Å². The minimum atomic E-state index is -0.439. The topological polar surface area (TPSA) is 30.0 Å². The lowest BCUT2D eigenvalue weighted by molar-refractivity contribution is -0.0528. The maximum Gasteiger partial charge on any atom is 0.0798 e. The summed E-state index contributed by atoms with van der Waals surface area (Å²) in [4.78, 5) is 7.42. The Bertz CT molecular complexity index is 267. The second kappa shape index (κ2) is 9.09. The quantitative estimate of drug-likeness (QED) is 0.858. The highest BCUT2D eigenvalue weighted by Gasteiger charge is 2.34. The van der Waals surface area contributed by atoms with Crippen molar-refractivity contribution >= 4 is 0 Å². The average Bonchev–Trinajstić information content (AvgIpc) is 2.50. The first-order valence-electron chi connectivity index (χ1n) is 8.93. The van der Waals surface area contributed by atoms with Gasteiger partial charge in [-0.15, -0.1) is 0 Å². The van der Waals surface area contributed by atoms with Crippen molar-refractivity contribution in [2.45, 2.75) is 59.1 Å². The summed E-state index contributed by atoms with van der Waals surface area (Å²) in [6, 6.07) is 0.651. The van der Waals surface area contributed by atoms with Crippen LogP contribution in [0.1, 0.15) is 47.5 Å². The summed E-state index contributed by atoms with van der Waals surface area (Å²) in [5.74, 6) is 0. The Morgan fingerprint density at radius 2 is 1.43 bits per heavy atom. The Labute approximate surface area is 132 Å². The van der Waals surface area contributed by atoms with Crippen molar-refractivity contribution in [3.8, 4) is 0 Å². The van der Waals surface area contributed by atoms with Gasteiger partial charge in [0.25, 0.3) is 0 Å². The van der Waals surface area contributed by atoms with E-state index in [0.29, 0.717) is 6.04 Å². The van der Waals surface area contributed by atoms with Crippen LogP contribution in [-0.4, -0.2) is 83.8 Å². The summed E-state index contributed by atoms with van der Waals surface area (Å²) in [6.45, 7) is 19.3. The number of aliphatic hydroxyl groups is 1. The first-order chi connectivity index (χ1) is 10.0. The fraction of sp³-hybridized carbons (Fsp3) is 1.00. The van der Waals surface area contributed by atoms with E-state index in [1.165, 1.54) is 0 Å². The van der Waals surface area contributed by atoms with Crippen molar-refractivity contribution in [3.63, 3.8) is 0 Å². The van der Waals surface area contributed by atoms with E-state index in [-0.39, 0.29) is 0 Å². The number of nitrogens with zero attached hydrogens (tertiary/aromatic N) is 3. The highest BCUT2D eigenvalue weighted by molar-refractivity contribution is 4.89. The van der Waals surface area contributed by atoms with Crippen molar-refractivity contribution in [3.05, 3.63) is 0 Å². The highest BCUT2D eigenvalue weighted by atomic mass is 16.3. The van der Waals surface area contributed by atoms with E-state index < -0.39 is 5.60 Å². The molecule has 0 aromatic heterocycles. The largest absolute Gasteiger partial charge is 0.388 e. The van der Waals surface area contributed by atoms with Crippen LogP contribution in [-0.2, 0) is 0 Å². The van der Waals surface area contributed by atoms with E-state index in [4.69, 9.17) is 0 Å². The molecule has 1 N–H and O–H groups in total. The van der Waals surface area contributed by atoms with Crippen molar-refractivity contribution < 1.29 is 5.11 Å². The van der Waals surface area contributed by atoms with E-state index in [2.05, 4.69) is 35.5 Å². The van der Waals surface area contributed by atoms with E-state index in [1.54, 1.807) is 0 Å². The number of rotatable bonds is 4. The molecule has 0 bridgehead atoms. The van der Waals surface area contributed by atoms with Gasteiger partial charge in [0.15, 0.2) is 0 Å². The Morgan fingerprint density at radius 3 is 1.86 bits per heavy atom. The summed E-state index contributed by atoms with van der Waals surface area (Å²) >= 11 is 0. The van der Waals surface area contributed by atoms with Crippen molar-refractivity contribution in [2.75, 3.05) is 52.4 Å². The average molecular weight is 300 g/mol. The molecule has 126 valence electrons. The molecule has 4 nitrogen and oxygen atoms in total. The van der Waals surface area contributed by atoms with Crippen molar-refractivity contribution in [1.82, 2.24) is 14.7 Å². The minimum absolute atomic E-state index is 0.439. The normalized spacial score (nSPS) is 24.7. The third-order valence-corrected chi connectivity index (χ3v) is 4.89. The summed E-state index contributed by atoms with van der Waals surface area (Å²) in [5.41, 5.74) is -0.439. The van der Waals surface area contributed by atoms with Gasteiger partial charge < -0.3 is 10.0 Å². The molecule has 0 atom stereocenters. The minimum Gasteiger partial charge on any atom is -0.388 e. The van der Waals surface area contributed by atoms with Gasteiger partial charge in [-0.1, -0.05) is 20.8 Å². The molecule has 2 aliphatic heterocycles. The fourth-order valence-electron chi connectivity index (χ4n) is 3.30. The Balaban J connectivity index is 0.00000106. The lowest BCUT2D eigenvalue weighted by atomic mass is 9.90. The van der Waals surface area contributed by atoms with Crippen molar-refractivity contribution in [1.29, 1.82) is 0 Å². The zero-order valence-corrected chi connectivity index (χ0v) is 14.9. The number of hydrogen-bond acceptors (Lipinski definition) is 4. The molecule has 0 radical (unpaired) electrons. The monoisotopic (exact) mass is 299 g/mol. The van der Waals surface area contributed by atoms with E-state index in [0.717, 1.165) is 65.2 Å². The van der Waals surface area contributed by atoms with Crippen LogP contribution in [0.5, 0.6) is 0 Å². The van der Waals surface area contributed by atoms with Gasteiger partial charge in [-0.2, -0.15) is 0 Å². The van der Waals surface area contributed by atoms with Gasteiger partial charge in [0.2, 0.25) is 0 Å². The predicted molar refractivity (Wildman–Crippen MR) is 90.8 cm³/mol. The smallest absolute Gasteiger partial charge is 0.0798 e. The van der Waals surface area contributed by atoms with Gasteiger partial charge in [0.1, 0.15) is 0 Å². The van der Waals surface area contributed by atoms with Gasteiger partial charge in [-0.3, -0.25) is 9.80 Å². The molecule has 2 fully saturated rings. The molecule has 0 saturated carbocycles. The summed E-state index contributed by atoms with van der Waals surface area (Å²) in [6.07, 6.45) is 1.87. The molecule has 0 spiro atoms. The molecular formula is C17H37N3O. The molecule has 2 heterocycles. The Hall–Kier alpha value is -0.160. The van der Waals surface area contributed by atoms with Crippen LogP contribution in [0.3, 0.4) is 0 Å². The highest BCUT2D eigenvalue weighted by Crippen LogP contribution is 2.23.